The number of aromatic amines is 1. The summed E-state index contributed by atoms with van der Waals surface area (Å²) >= 11 is 0. The van der Waals surface area contributed by atoms with Gasteiger partial charge in [-0.1, -0.05) is 36.4 Å². The largest absolute Gasteiger partial charge is 0.505 e. The van der Waals surface area contributed by atoms with Gasteiger partial charge in [-0.15, -0.1) is 0 Å². The zero-order chi connectivity index (χ0) is 17.4. The van der Waals surface area contributed by atoms with Gasteiger partial charge in [-0.05, 0) is 23.8 Å². The minimum atomic E-state index is -0.922. The van der Waals surface area contributed by atoms with Crippen LogP contribution < -0.4 is 0 Å². The normalized spacial score (nSPS) is 10.9. The molecule has 122 valence electrons. The van der Waals surface area contributed by atoms with Crippen LogP contribution in [-0.4, -0.2) is 20.9 Å². The monoisotopic (exact) mass is 332 g/mol. The van der Waals surface area contributed by atoms with E-state index >= 15 is 0 Å². The summed E-state index contributed by atoms with van der Waals surface area (Å²) in [6.45, 7) is 0. The van der Waals surface area contributed by atoms with Gasteiger partial charge in [0.05, 0.1) is 5.56 Å². The lowest BCUT2D eigenvalue weighted by Gasteiger charge is -2.04. The summed E-state index contributed by atoms with van der Waals surface area (Å²) in [5, 5.41) is 10.1. The molecule has 0 spiro atoms. The fourth-order valence-corrected chi connectivity index (χ4v) is 2.82. The fourth-order valence-electron chi connectivity index (χ4n) is 2.82. The lowest BCUT2D eigenvalue weighted by atomic mass is 10.0. The Labute approximate surface area is 142 Å². The Kier molecular flexibility index (Phi) is 3.54. The van der Waals surface area contributed by atoms with E-state index in [2.05, 4.69) is 9.97 Å². The molecule has 0 bridgehead atoms. The first-order chi connectivity index (χ1) is 12.1. The molecule has 0 radical (unpaired) electrons. The van der Waals surface area contributed by atoms with Gasteiger partial charge in [0.1, 0.15) is 5.65 Å². The lowest BCUT2D eigenvalue weighted by molar-refractivity contribution is 0.103. The van der Waals surface area contributed by atoms with Gasteiger partial charge in [-0.3, -0.25) is 4.79 Å². The number of pyridine rings is 1. The molecule has 25 heavy (non-hydrogen) atoms. The van der Waals surface area contributed by atoms with E-state index in [9.17, 15) is 14.3 Å². The van der Waals surface area contributed by atoms with Gasteiger partial charge < -0.3 is 10.1 Å². The number of halogens is 1. The van der Waals surface area contributed by atoms with Crippen LogP contribution in [0.25, 0.3) is 22.2 Å². The van der Waals surface area contributed by atoms with Crippen molar-refractivity contribution < 1.29 is 14.3 Å². The van der Waals surface area contributed by atoms with Gasteiger partial charge >= 0.3 is 0 Å². The fraction of sp³-hybridized carbons (Fsp3) is 0. The Morgan fingerprint density at radius 2 is 1.80 bits per heavy atom. The molecule has 0 amide bonds. The van der Waals surface area contributed by atoms with E-state index in [1.165, 1.54) is 24.4 Å². The highest BCUT2D eigenvalue weighted by Gasteiger charge is 2.20. The number of phenols is 1. The van der Waals surface area contributed by atoms with E-state index < -0.39 is 17.3 Å². The number of H-pyrrole nitrogens is 1. The molecule has 0 aliphatic heterocycles. The molecule has 0 atom stereocenters. The first kappa shape index (κ1) is 15.1. The molecule has 4 nitrogen and oxygen atoms in total. The Hall–Kier alpha value is -3.47. The molecule has 0 fully saturated rings. The standard InChI is InChI=1S/C20H13FN2O2/c21-18-14(7-4-8-17(18)24)19(25)16-11-23-20-15(16)9-13(10-22-20)12-5-2-1-3-6-12/h1-11,24H,(H,22,23). The van der Waals surface area contributed by atoms with Crippen molar-refractivity contribution in [3.63, 3.8) is 0 Å². The summed E-state index contributed by atoms with van der Waals surface area (Å²) < 4.78 is 14.1. The minimum Gasteiger partial charge on any atom is -0.505 e. The maximum atomic E-state index is 14.1. The van der Waals surface area contributed by atoms with Crippen molar-refractivity contribution in [2.45, 2.75) is 0 Å². The van der Waals surface area contributed by atoms with Gasteiger partial charge in [0, 0.05) is 28.9 Å². The highest BCUT2D eigenvalue weighted by Crippen LogP contribution is 2.28. The van der Waals surface area contributed by atoms with Gasteiger partial charge in [-0.2, -0.15) is 0 Å². The third kappa shape index (κ3) is 2.55. The number of carbonyl (C=O) groups is 1. The van der Waals surface area contributed by atoms with Crippen molar-refractivity contribution in [1.82, 2.24) is 9.97 Å². The maximum absolute atomic E-state index is 14.1. The Bertz CT molecular complexity index is 1090. The molecule has 2 N–H and O–H groups in total. The van der Waals surface area contributed by atoms with Crippen LogP contribution in [0.4, 0.5) is 4.39 Å². The molecule has 4 aromatic rings. The number of carbonyl (C=O) groups excluding carboxylic acids is 1. The first-order valence-corrected chi connectivity index (χ1v) is 7.70. The zero-order valence-corrected chi connectivity index (χ0v) is 13.0. The average Bonchev–Trinajstić information content (AvgIpc) is 3.07. The first-order valence-electron chi connectivity index (χ1n) is 7.70. The second-order valence-electron chi connectivity index (χ2n) is 5.66. The van der Waals surface area contributed by atoms with Gasteiger partial charge in [0.2, 0.25) is 0 Å². The van der Waals surface area contributed by atoms with Crippen LogP contribution in [-0.2, 0) is 0 Å². The van der Waals surface area contributed by atoms with E-state index in [1.54, 1.807) is 6.20 Å². The number of nitrogens with zero attached hydrogens (tertiary/aromatic N) is 1. The number of ketones is 1. The molecule has 0 saturated heterocycles. The number of aromatic hydroxyl groups is 1. The van der Waals surface area contributed by atoms with Crippen LogP contribution in [0.1, 0.15) is 15.9 Å². The second-order valence-corrected chi connectivity index (χ2v) is 5.66. The summed E-state index contributed by atoms with van der Waals surface area (Å²) in [7, 11) is 0. The molecule has 2 aromatic heterocycles. The predicted octanol–water partition coefficient (Wildman–Crippen LogP) is 4.31. The molecular weight excluding hydrogens is 319 g/mol. The van der Waals surface area contributed by atoms with Crippen LogP contribution in [0.15, 0.2) is 67.0 Å². The Balaban J connectivity index is 1.85. The number of fused-ring (bicyclic) bond motifs is 1. The Morgan fingerprint density at radius 3 is 2.60 bits per heavy atom. The number of phenolic OH excluding ortho intramolecular Hbond substituents is 1. The summed E-state index contributed by atoms with van der Waals surface area (Å²) in [6.07, 6.45) is 3.23. The molecule has 4 rings (SSSR count). The number of benzene rings is 2. The van der Waals surface area contributed by atoms with Crippen molar-refractivity contribution in [2.75, 3.05) is 0 Å². The number of nitrogens with one attached hydrogen (secondary N) is 1. The number of hydrogen-bond donors (Lipinski definition) is 2. The van der Waals surface area contributed by atoms with Crippen molar-refractivity contribution in [1.29, 1.82) is 0 Å². The van der Waals surface area contributed by atoms with Gasteiger partial charge in [0.25, 0.3) is 0 Å². The molecule has 0 unspecified atom stereocenters. The second kappa shape index (κ2) is 5.87. The van der Waals surface area contributed by atoms with Crippen LogP contribution in [0, 0.1) is 5.82 Å². The van der Waals surface area contributed by atoms with Crippen LogP contribution in [0.2, 0.25) is 0 Å². The molecule has 0 saturated carbocycles. The third-order valence-corrected chi connectivity index (χ3v) is 4.11. The smallest absolute Gasteiger partial charge is 0.198 e. The molecule has 5 heteroatoms. The van der Waals surface area contributed by atoms with Crippen molar-refractivity contribution in [3.8, 4) is 16.9 Å². The SMILES string of the molecule is O=C(c1cccc(O)c1F)c1c[nH]c2ncc(-c3ccccc3)cc12. The third-order valence-electron chi connectivity index (χ3n) is 4.11. The summed E-state index contributed by atoms with van der Waals surface area (Å²) in [5.41, 5.74) is 2.51. The van der Waals surface area contributed by atoms with Crippen LogP contribution >= 0.6 is 0 Å². The molecule has 2 heterocycles. The summed E-state index contributed by atoms with van der Waals surface area (Å²) in [6, 6.07) is 15.5. The predicted molar refractivity (Wildman–Crippen MR) is 93.0 cm³/mol. The van der Waals surface area contributed by atoms with E-state index in [4.69, 9.17) is 0 Å². The average molecular weight is 332 g/mol. The maximum Gasteiger partial charge on any atom is 0.198 e. The highest BCUT2D eigenvalue weighted by molar-refractivity contribution is 6.16. The summed E-state index contributed by atoms with van der Waals surface area (Å²) in [5.74, 6) is -1.98. The minimum absolute atomic E-state index is 0.175. The van der Waals surface area contributed by atoms with E-state index in [1.807, 2.05) is 36.4 Å². The molecular formula is C20H13FN2O2. The van der Waals surface area contributed by atoms with E-state index in [0.29, 0.717) is 16.6 Å². The lowest BCUT2D eigenvalue weighted by Crippen LogP contribution is -2.03. The zero-order valence-electron chi connectivity index (χ0n) is 13.0. The number of rotatable bonds is 3. The van der Waals surface area contributed by atoms with Crippen LogP contribution in [0.3, 0.4) is 0 Å². The van der Waals surface area contributed by atoms with Crippen molar-refractivity contribution in [3.05, 3.63) is 83.9 Å². The molecule has 0 aliphatic rings. The Morgan fingerprint density at radius 1 is 1.00 bits per heavy atom. The molecule has 2 aromatic carbocycles. The van der Waals surface area contributed by atoms with Gasteiger partial charge in [0.15, 0.2) is 17.3 Å². The van der Waals surface area contributed by atoms with E-state index in [-0.39, 0.29) is 5.56 Å². The summed E-state index contributed by atoms with van der Waals surface area (Å²) in [4.78, 5) is 20.0. The van der Waals surface area contributed by atoms with Crippen molar-refractivity contribution >= 4 is 16.8 Å². The van der Waals surface area contributed by atoms with Crippen molar-refractivity contribution in [2.24, 2.45) is 0 Å². The number of hydrogen-bond acceptors (Lipinski definition) is 3. The van der Waals surface area contributed by atoms with Crippen LogP contribution in [0.5, 0.6) is 5.75 Å². The molecule has 0 aliphatic carbocycles. The topological polar surface area (TPSA) is 66.0 Å². The highest BCUT2D eigenvalue weighted by atomic mass is 19.1. The van der Waals surface area contributed by atoms with Gasteiger partial charge in [-0.25, -0.2) is 9.37 Å². The van der Waals surface area contributed by atoms with E-state index in [0.717, 1.165) is 11.1 Å². The number of aromatic nitrogens is 2. The quantitative estimate of drug-likeness (QED) is 0.550.